The molecule has 1 aliphatic carbocycles. The molecule has 1 fully saturated rings. The number of amides is 1. The summed E-state index contributed by atoms with van der Waals surface area (Å²) in [6, 6.07) is 20.1. The minimum atomic E-state index is -0.219. The maximum Gasteiger partial charge on any atom is 0.261 e. The Labute approximate surface area is 167 Å². The van der Waals surface area contributed by atoms with E-state index in [1.165, 1.54) is 6.42 Å². The summed E-state index contributed by atoms with van der Waals surface area (Å²) in [7, 11) is 0. The van der Waals surface area contributed by atoms with Crippen LogP contribution in [0.5, 0.6) is 0 Å². The number of nitrogens with one attached hydrogen (secondary N) is 1. The fourth-order valence-electron chi connectivity index (χ4n) is 3.82. The molecule has 3 N–H and O–H groups in total. The molecule has 1 saturated carbocycles. The van der Waals surface area contributed by atoms with Crippen LogP contribution in [0.25, 0.3) is 0 Å². The quantitative estimate of drug-likeness (QED) is 0.436. The maximum atomic E-state index is 12.2. The summed E-state index contributed by atoms with van der Waals surface area (Å²) in [5, 5.41) is 7.12. The van der Waals surface area contributed by atoms with E-state index in [1.807, 2.05) is 60.7 Å². The Morgan fingerprint density at radius 1 is 1.07 bits per heavy atom. The van der Waals surface area contributed by atoms with Gasteiger partial charge in [0, 0.05) is 6.04 Å². The lowest BCUT2D eigenvalue weighted by molar-refractivity contribution is -0.127. The second kappa shape index (κ2) is 9.93. The van der Waals surface area contributed by atoms with Gasteiger partial charge in [0.15, 0.2) is 12.4 Å². The highest BCUT2D eigenvalue weighted by atomic mass is 16.6. The third-order valence-electron chi connectivity index (χ3n) is 5.39. The van der Waals surface area contributed by atoms with Crippen molar-refractivity contribution in [1.29, 1.82) is 0 Å². The van der Waals surface area contributed by atoms with Gasteiger partial charge in [-0.15, -0.1) is 0 Å². The Hall–Kier alpha value is -2.82. The van der Waals surface area contributed by atoms with E-state index in [0.29, 0.717) is 11.8 Å². The molecule has 5 nitrogen and oxygen atoms in total. The zero-order valence-electron chi connectivity index (χ0n) is 16.4. The first-order chi connectivity index (χ1) is 13.6. The molecule has 5 heteroatoms. The molecule has 2 aromatic rings. The van der Waals surface area contributed by atoms with Crippen molar-refractivity contribution in [3.63, 3.8) is 0 Å². The van der Waals surface area contributed by atoms with Gasteiger partial charge in [-0.1, -0.05) is 85.6 Å². The third-order valence-corrected chi connectivity index (χ3v) is 5.39. The molecular formula is C23H29N3O2. The van der Waals surface area contributed by atoms with Crippen LogP contribution < -0.4 is 11.1 Å². The predicted molar refractivity (Wildman–Crippen MR) is 112 cm³/mol. The van der Waals surface area contributed by atoms with Gasteiger partial charge >= 0.3 is 0 Å². The highest BCUT2D eigenvalue weighted by molar-refractivity contribution is 5.90. The number of rotatable bonds is 7. The fourth-order valence-corrected chi connectivity index (χ4v) is 3.82. The Morgan fingerprint density at radius 3 is 2.21 bits per heavy atom. The molecule has 1 aliphatic rings. The molecule has 0 unspecified atom stereocenters. The van der Waals surface area contributed by atoms with Crippen molar-refractivity contribution in [3.05, 3.63) is 71.8 Å². The van der Waals surface area contributed by atoms with Gasteiger partial charge in [-0.3, -0.25) is 4.79 Å². The first-order valence-electron chi connectivity index (χ1n) is 9.99. The highest BCUT2D eigenvalue weighted by Gasteiger charge is 2.23. The SMILES string of the molecule is C[C@@H]1CCCC[C@@H]1NC(=O)CO/N=C(/N)C(c1ccccc1)c1ccccc1. The number of oxime groups is 1. The van der Waals surface area contributed by atoms with Gasteiger partial charge in [0.1, 0.15) is 0 Å². The number of amidine groups is 1. The molecule has 0 spiro atoms. The standard InChI is InChI=1S/C23H29N3O2/c1-17-10-8-9-15-20(17)25-21(27)16-28-26-23(24)22(18-11-4-2-5-12-18)19-13-6-3-7-14-19/h2-7,11-14,17,20,22H,8-10,15-16H2,1H3,(H2,24,26)(H,25,27)/t17-,20+/m1/s1. The highest BCUT2D eigenvalue weighted by Crippen LogP contribution is 2.25. The van der Waals surface area contributed by atoms with Crippen molar-refractivity contribution >= 4 is 11.7 Å². The van der Waals surface area contributed by atoms with E-state index >= 15 is 0 Å². The van der Waals surface area contributed by atoms with E-state index in [0.717, 1.165) is 30.4 Å². The molecule has 0 aromatic heterocycles. The average Bonchev–Trinajstić information content (AvgIpc) is 2.71. The second-order valence-corrected chi connectivity index (χ2v) is 7.48. The Bertz CT molecular complexity index is 737. The molecule has 2 atom stereocenters. The second-order valence-electron chi connectivity index (χ2n) is 7.48. The number of carbonyl (C=O) groups excluding carboxylic acids is 1. The van der Waals surface area contributed by atoms with Gasteiger partial charge in [0.05, 0.1) is 5.92 Å². The summed E-state index contributed by atoms with van der Waals surface area (Å²) < 4.78 is 0. The number of hydrogen-bond acceptors (Lipinski definition) is 3. The van der Waals surface area contributed by atoms with Crippen molar-refractivity contribution in [3.8, 4) is 0 Å². The Kier molecular flexibility index (Phi) is 7.06. The summed E-state index contributed by atoms with van der Waals surface area (Å²) in [5.41, 5.74) is 8.32. The molecule has 0 bridgehead atoms. The van der Waals surface area contributed by atoms with Gasteiger partial charge < -0.3 is 15.9 Å². The van der Waals surface area contributed by atoms with Crippen molar-refractivity contribution in [2.75, 3.05) is 6.61 Å². The first kappa shape index (κ1) is 19.9. The maximum absolute atomic E-state index is 12.2. The van der Waals surface area contributed by atoms with E-state index < -0.39 is 0 Å². The zero-order valence-corrected chi connectivity index (χ0v) is 16.4. The van der Waals surface area contributed by atoms with Crippen LogP contribution in [0.1, 0.15) is 49.7 Å². The third kappa shape index (κ3) is 5.35. The molecule has 3 rings (SSSR count). The molecule has 0 aliphatic heterocycles. The van der Waals surface area contributed by atoms with Crippen molar-refractivity contribution in [2.45, 2.75) is 44.6 Å². The summed E-state index contributed by atoms with van der Waals surface area (Å²) >= 11 is 0. The van der Waals surface area contributed by atoms with Gasteiger partial charge in [-0.25, -0.2) is 0 Å². The number of nitrogens with zero attached hydrogens (tertiary/aromatic N) is 1. The number of hydrogen-bond donors (Lipinski definition) is 2. The number of nitrogens with two attached hydrogens (primary N) is 1. The topological polar surface area (TPSA) is 76.7 Å². The van der Waals surface area contributed by atoms with E-state index in [2.05, 4.69) is 17.4 Å². The number of carbonyl (C=O) groups is 1. The molecule has 148 valence electrons. The van der Waals surface area contributed by atoms with Gasteiger partial charge in [0.2, 0.25) is 0 Å². The van der Waals surface area contributed by atoms with Crippen molar-refractivity contribution in [2.24, 2.45) is 16.8 Å². The van der Waals surface area contributed by atoms with Gasteiger partial charge in [-0.05, 0) is 29.9 Å². The smallest absolute Gasteiger partial charge is 0.261 e. The van der Waals surface area contributed by atoms with E-state index in [9.17, 15) is 4.79 Å². The molecule has 0 heterocycles. The minimum absolute atomic E-state index is 0.125. The van der Waals surface area contributed by atoms with Crippen LogP contribution in [0, 0.1) is 5.92 Å². The lowest BCUT2D eigenvalue weighted by atomic mass is 9.86. The van der Waals surface area contributed by atoms with Crippen LogP contribution in [0.4, 0.5) is 0 Å². The summed E-state index contributed by atoms with van der Waals surface area (Å²) in [6.07, 6.45) is 4.59. The van der Waals surface area contributed by atoms with Crippen LogP contribution in [0.15, 0.2) is 65.8 Å². The number of benzene rings is 2. The Morgan fingerprint density at radius 2 is 1.64 bits per heavy atom. The lowest BCUT2D eigenvalue weighted by Crippen LogP contribution is -2.42. The molecule has 28 heavy (non-hydrogen) atoms. The van der Waals surface area contributed by atoms with Crippen LogP contribution >= 0.6 is 0 Å². The van der Waals surface area contributed by atoms with E-state index in [-0.39, 0.29) is 24.5 Å². The van der Waals surface area contributed by atoms with Gasteiger partial charge in [0.25, 0.3) is 5.91 Å². The normalized spacial score (nSPS) is 20.0. The molecule has 0 radical (unpaired) electrons. The summed E-state index contributed by atoms with van der Waals surface area (Å²) in [6.45, 7) is 2.06. The van der Waals surface area contributed by atoms with Crippen molar-refractivity contribution < 1.29 is 9.63 Å². The summed E-state index contributed by atoms with van der Waals surface area (Å²) in [4.78, 5) is 17.5. The zero-order chi connectivity index (χ0) is 19.8. The monoisotopic (exact) mass is 379 g/mol. The molecule has 2 aromatic carbocycles. The lowest BCUT2D eigenvalue weighted by Gasteiger charge is -2.29. The van der Waals surface area contributed by atoms with Crippen molar-refractivity contribution in [1.82, 2.24) is 5.32 Å². The predicted octanol–water partition coefficient (Wildman–Crippen LogP) is 3.80. The average molecular weight is 380 g/mol. The van der Waals surface area contributed by atoms with Crippen LogP contribution in [0.3, 0.4) is 0 Å². The largest absolute Gasteiger partial charge is 0.384 e. The van der Waals surface area contributed by atoms with Crippen LogP contribution in [-0.2, 0) is 9.63 Å². The van der Waals surface area contributed by atoms with Gasteiger partial charge in [-0.2, -0.15) is 0 Å². The molecule has 1 amide bonds. The fraction of sp³-hybridized carbons (Fsp3) is 0.391. The summed E-state index contributed by atoms with van der Waals surface area (Å²) in [5.74, 6) is 0.471. The van der Waals surface area contributed by atoms with Crippen LogP contribution in [0.2, 0.25) is 0 Å². The first-order valence-corrected chi connectivity index (χ1v) is 9.99. The molecule has 0 saturated heterocycles. The van der Waals surface area contributed by atoms with E-state index in [4.69, 9.17) is 10.6 Å². The molecular weight excluding hydrogens is 350 g/mol. The minimum Gasteiger partial charge on any atom is -0.384 e. The van der Waals surface area contributed by atoms with E-state index in [1.54, 1.807) is 0 Å². The Balaban J connectivity index is 1.63. The van der Waals surface area contributed by atoms with Crippen LogP contribution in [-0.4, -0.2) is 24.4 Å².